The second-order valence-corrected chi connectivity index (χ2v) is 15.9. The summed E-state index contributed by atoms with van der Waals surface area (Å²) in [5, 5.41) is 33.8. The number of unbranched alkanes of at least 4 members (excludes halogenated alkanes) is 27. The molecular formula is C45H80O7. The fourth-order valence-electron chi connectivity index (χ4n) is 7.66. The van der Waals surface area contributed by atoms with Crippen LogP contribution >= 0.6 is 0 Å². The summed E-state index contributed by atoms with van der Waals surface area (Å²) in [6.07, 6.45) is 35.4. The first-order chi connectivity index (χ1) is 25.2. The Morgan fingerprint density at radius 1 is 0.558 bits per heavy atom. The van der Waals surface area contributed by atoms with Crippen LogP contribution in [-0.4, -0.2) is 55.8 Å². The predicted molar refractivity (Wildman–Crippen MR) is 213 cm³/mol. The first-order valence-electron chi connectivity index (χ1n) is 22.1. The molecule has 0 aromatic rings. The zero-order valence-corrected chi connectivity index (χ0v) is 33.7. The summed E-state index contributed by atoms with van der Waals surface area (Å²) in [4.78, 5) is 51.9. The Morgan fingerprint density at radius 2 is 0.865 bits per heavy atom. The molecule has 0 aromatic heterocycles. The zero-order chi connectivity index (χ0) is 38.3. The van der Waals surface area contributed by atoms with E-state index in [1.165, 1.54) is 116 Å². The molecule has 0 spiro atoms. The number of hydrogen-bond acceptors (Lipinski definition) is 7. The van der Waals surface area contributed by atoms with E-state index in [0.717, 1.165) is 57.8 Å². The van der Waals surface area contributed by atoms with Crippen molar-refractivity contribution in [2.75, 3.05) is 0 Å². The van der Waals surface area contributed by atoms with E-state index in [-0.39, 0.29) is 25.7 Å². The standard InChI is InChI=1S/C45H80O7/c1-3-5-7-9-11-13-15-17-19-20-22-23-25-27-29-31-33-35-39(46)43(50)45(52,44(51)41(48)37-38-42(44)49)40(47)36-34-32-30-28-26-24-21-18-16-14-12-10-8-6-4-2/h18,21,43,50-52H,3-17,19-20,22-38H2,1-2H3/b21-18+. The summed E-state index contributed by atoms with van der Waals surface area (Å²) in [5.41, 5.74) is -6.25. The van der Waals surface area contributed by atoms with Crippen molar-refractivity contribution in [1.82, 2.24) is 0 Å². The lowest BCUT2D eigenvalue weighted by atomic mass is 9.70. The van der Waals surface area contributed by atoms with Crippen molar-refractivity contribution in [3.05, 3.63) is 12.2 Å². The third kappa shape index (κ3) is 18.6. The molecule has 0 radical (unpaired) electrons. The molecule has 52 heavy (non-hydrogen) atoms. The number of carbonyl (C=O) groups is 4. The van der Waals surface area contributed by atoms with Crippen LogP contribution in [0, 0.1) is 0 Å². The molecule has 7 heteroatoms. The molecule has 1 aliphatic carbocycles. The highest BCUT2D eigenvalue weighted by Gasteiger charge is 2.69. The highest BCUT2D eigenvalue weighted by atomic mass is 16.4. The van der Waals surface area contributed by atoms with E-state index in [9.17, 15) is 34.5 Å². The first-order valence-corrected chi connectivity index (χ1v) is 22.1. The third-order valence-electron chi connectivity index (χ3n) is 11.3. The molecule has 2 atom stereocenters. The molecule has 1 saturated carbocycles. The normalized spacial score (nSPS) is 16.2. The number of aliphatic hydroxyl groups is 3. The van der Waals surface area contributed by atoms with E-state index in [1.807, 2.05) is 0 Å². The lowest BCUT2D eigenvalue weighted by Crippen LogP contribution is -2.72. The summed E-state index contributed by atoms with van der Waals surface area (Å²) in [5.74, 6) is -3.85. The number of allylic oxidation sites excluding steroid dienone is 2. The smallest absolute Gasteiger partial charge is 0.220 e. The maximum Gasteiger partial charge on any atom is 0.220 e. The molecule has 0 aliphatic heterocycles. The molecule has 0 amide bonds. The first kappa shape index (κ1) is 48.3. The van der Waals surface area contributed by atoms with E-state index in [0.29, 0.717) is 19.3 Å². The Kier molecular flexibility index (Phi) is 28.4. The predicted octanol–water partition coefficient (Wildman–Crippen LogP) is 11.0. The van der Waals surface area contributed by atoms with E-state index in [1.54, 1.807) is 0 Å². The molecular weight excluding hydrogens is 652 g/mol. The summed E-state index contributed by atoms with van der Waals surface area (Å²) in [6.45, 7) is 4.49. The molecule has 1 aliphatic rings. The molecule has 1 rings (SSSR count). The largest absolute Gasteiger partial charge is 0.382 e. The van der Waals surface area contributed by atoms with Crippen LogP contribution in [-0.2, 0) is 19.2 Å². The van der Waals surface area contributed by atoms with Gasteiger partial charge in [0.1, 0.15) is 0 Å². The lowest BCUT2D eigenvalue weighted by Gasteiger charge is -2.40. The van der Waals surface area contributed by atoms with Crippen LogP contribution in [0.4, 0.5) is 0 Å². The van der Waals surface area contributed by atoms with Gasteiger partial charge in [0.05, 0.1) is 0 Å². The Hall–Kier alpha value is -1.70. The van der Waals surface area contributed by atoms with Crippen molar-refractivity contribution in [2.45, 2.75) is 249 Å². The number of aliphatic hydroxyl groups excluding tert-OH is 1. The highest BCUT2D eigenvalue weighted by molar-refractivity contribution is 6.21. The van der Waals surface area contributed by atoms with Crippen LogP contribution in [0.5, 0.6) is 0 Å². The zero-order valence-electron chi connectivity index (χ0n) is 33.7. The molecule has 0 bridgehead atoms. The van der Waals surface area contributed by atoms with Gasteiger partial charge < -0.3 is 15.3 Å². The van der Waals surface area contributed by atoms with Crippen LogP contribution in [0.15, 0.2) is 12.2 Å². The van der Waals surface area contributed by atoms with Crippen molar-refractivity contribution < 1.29 is 34.5 Å². The van der Waals surface area contributed by atoms with Gasteiger partial charge in [0.25, 0.3) is 0 Å². The Labute approximate surface area is 318 Å². The topological polar surface area (TPSA) is 129 Å². The Balaban J connectivity index is 2.35. The van der Waals surface area contributed by atoms with E-state index >= 15 is 0 Å². The van der Waals surface area contributed by atoms with Crippen molar-refractivity contribution in [3.63, 3.8) is 0 Å². The number of rotatable bonds is 37. The van der Waals surface area contributed by atoms with Crippen molar-refractivity contribution in [2.24, 2.45) is 0 Å². The highest BCUT2D eigenvalue weighted by Crippen LogP contribution is 2.38. The van der Waals surface area contributed by atoms with Crippen LogP contribution < -0.4 is 0 Å². The quantitative estimate of drug-likeness (QED) is 0.0329. The number of Topliss-reactive ketones (excluding diaryl/α,β-unsaturated/α-hetero) is 4. The number of carbonyl (C=O) groups excluding carboxylic acids is 4. The summed E-state index contributed by atoms with van der Waals surface area (Å²) in [6, 6.07) is 0. The average Bonchev–Trinajstić information content (AvgIpc) is 3.41. The molecule has 7 nitrogen and oxygen atoms in total. The van der Waals surface area contributed by atoms with Gasteiger partial charge in [-0.15, -0.1) is 0 Å². The maximum absolute atomic E-state index is 13.4. The van der Waals surface area contributed by atoms with Gasteiger partial charge >= 0.3 is 0 Å². The van der Waals surface area contributed by atoms with Gasteiger partial charge in [0.2, 0.25) is 5.60 Å². The van der Waals surface area contributed by atoms with E-state index in [4.69, 9.17) is 0 Å². The molecule has 302 valence electrons. The lowest BCUT2D eigenvalue weighted by molar-refractivity contribution is -0.202. The molecule has 0 heterocycles. The molecule has 3 N–H and O–H groups in total. The molecule has 2 unspecified atom stereocenters. The SMILES string of the molecule is CCCCCCCC/C=C/CCCCCCCC(=O)C(O)(C(O)C(=O)CCCCCCCCCCCCCCCCCCC)C1(O)C(=O)CCC1=O. The van der Waals surface area contributed by atoms with E-state index < -0.39 is 40.4 Å². The average molecular weight is 733 g/mol. The second kappa shape index (κ2) is 30.6. The van der Waals surface area contributed by atoms with Crippen LogP contribution in [0.25, 0.3) is 0 Å². The van der Waals surface area contributed by atoms with Crippen LogP contribution in [0.2, 0.25) is 0 Å². The van der Waals surface area contributed by atoms with E-state index in [2.05, 4.69) is 26.0 Å². The Bertz CT molecular complexity index is 972. The second-order valence-electron chi connectivity index (χ2n) is 15.9. The van der Waals surface area contributed by atoms with Gasteiger partial charge in [-0.1, -0.05) is 180 Å². The van der Waals surface area contributed by atoms with Crippen molar-refractivity contribution >= 4 is 23.1 Å². The summed E-state index contributed by atoms with van der Waals surface area (Å²) >= 11 is 0. The summed E-state index contributed by atoms with van der Waals surface area (Å²) < 4.78 is 0. The number of hydrogen-bond donors (Lipinski definition) is 3. The molecule has 1 fully saturated rings. The third-order valence-corrected chi connectivity index (χ3v) is 11.3. The number of ketones is 4. The minimum atomic E-state index is -3.16. The van der Waals surface area contributed by atoms with Gasteiger partial charge in [-0.05, 0) is 38.5 Å². The van der Waals surface area contributed by atoms with Gasteiger partial charge in [-0.25, -0.2) is 0 Å². The minimum Gasteiger partial charge on any atom is -0.382 e. The van der Waals surface area contributed by atoms with Crippen molar-refractivity contribution in [1.29, 1.82) is 0 Å². The monoisotopic (exact) mass is 733 g/mol. The molecule has 0 aromatic carbocycles. The van der Waals surface area contributed by atoms with Crippen molar-refractivity contribution in [3.8, 4) is 0 Å². The van der Waals surface area contributed by atoms with Gasteiger partial charge in [-0.2, -0.15) is 0 Å². The maximum atomic E-state index is 13.4. The van der Waals surface area contributed by atoms with Gasteiger partial charge in [0.15, 0.2) is 34.8 Å². The fraction of sp³-hybridized carbons (Fsp3) is 0.867. The van der Waals surface area contributed by atoms with Gasteiger partial charge in [-0.3, -0.25) is 19.2 Å². The van der Waals surface area contributed by atoms with Crippen LogP contribution in [0.1, 0.15) is 232 Å². The summed E-state index contributed by atoms with van der Waals surface area (Å²) in [7, 11) is 0. The van der Waals surface area contributed by atoms with Gasteiger partial charge in [0, 0.05) is 25.7 Å². The fourth-order valence-corrected chi connectivity index (χ4v) is 7.66. The minimum absolute atomic E-state index is 0.0960. The van der Waals surface area contributed by atoms with Crippen LogP contribution in [0.3, 0.4) is 0 Å². The Morgan fingerprint density at radius 3 is 1.23 bits per heavy atom. The molecule has 0 saturated heterocycles.